The zero-order chi connectivity index (χ0) is 40.9. The smallest absolute Gasteiger partial charge is 0.394 e. The first-order valence-electron chi connectivity index (χ1n) is 23.0. The van der Waals surface area contributed by atoms with Crippen LogP contribution in [0.25, 0.3) is 0 Å². The van der Waals surface area contributed by atoms with Gasteiger partial charge in [-0.25, -0.2) is 14.7 Å². The van der Waals surface area contributed by atoms with Crippen LogP contribution in [0.4, 0.5) is 5.95 Å². The fourth-order valence-corrected chi connectivity index (χ4v) is 8.89. The molecule has 1 spiro atoms. The second-order valence-corrected chi connectivity index (χ2v) is 17.1. The number of carbonyl (C=O) groups is 2. The minimum absolute atomic E-state index is 0.0792. The number of allylic oxidation sites excluding steroid dienone is 1. The van der Waals surface area contributed by atoms with Crippen LogP contribution in [0.2, 0.25) is 0 Å². The Morgan fingerprint density at radius 1 is 0.982 bits per heavy atom. The maximum atomic E-state index is 13.7. The van der Waals surface area contributed by atoms with E-state index in [0.29, 0.717) is 64.0 Å². The van der Waals surface area contributed by atoms with E-state index in [1.807, 2.05) is 6.92 Å². The average Bonchev–Trinajstić information content (AvgIpc) is 3.50. The highest BCUT2D eigenvalue weighted by molar-refractivity contribution is 5.91. The lowest BCUT2D eigenvalue weighted by molar-refractivity contribution is -0.713. The Labute approximate surface area is 343 Å². The Hall–Kier alpha value is -2.64. The molecule has 12 heteroatoms. The molecule has 4 rings (SSSR count). The number of hydrogen-bond donors (Lipinski definition) is 5. The van der Waals surface area contributed by atoms with Crippen LogP contribution in [0.15, 0.2) is 12.2 Å². The number of aromatic nitrogens is 2. The largest absolute Gasteiger partial charge is 0.462 e. The summed E-state index contributed by atoms with van der Waals surface area (Å²) in [4.78, 5) is 33.3. The number of unbranched alkanes of at least 4 members (excludes halogenated alkanes) is 12. The Kier molecular flexibility index (Phi) is 21.3. The van der Waals surface area contributed by atoms with E-state index in [-0.39, 0.29) is 24.0 Å². The third-order valence-electron chi connectivity index (χ3n) is 12.1. The molecule has 0 fully saturated rings. The van der Waals surface area contributed by atoms with Crippen molar-refractivity contribution in [2.45, 2.75) is 204 Å². The molecule has 0 bridgehead atoms. The van der Waals surface area contributed by atoms with Gasteiger partial charge in [-0.1, -0.05) is 94.7 Å². The highest BCUT2D eigenvalue weighted by Crippen LogP contribution is 2.40. The number of rotatable bonds is 29. The molecule has 12 nitrogen and oxygen atoms in total. The number of anilines is 1. The molecule has 57 heavy (non-hydrogen) atoms. The molecule has 5 unspecified atom stereocenters. The van der Waals surface area contributed by atoms with Crippen molar-refractivity contribution in [1.82, 2.24) is 9.88 Å². The van der Waals surface area contributed by atoms with Gasteiger partial charge < -0.3 is 36.1 Å². The van der Waals surface area contributed by atoms with E-state index in [2.05, 4.69) is 29.0 Å². The molecule has 4 heterocycles. The van der Waals surface area contributed by atoms with Crippen molar-refractivity contribution < 1.29 is 33.8 Å². The number of amides is 1. The molecule has 0 saturated carbocycles. The van der Waals surface area contributed by atoms with Crippen LogP contribution < -0.4 is 21.4 Å². The van der Waals surface area contributed by atoms with Crippen LogP contribution in [0, 0.1) is 0 Å². The quantitative estimate of drug-likeness (QED) is 0.0253. The van der Waals surface area contributed by atoms with Gasteiger partial charge in [-0.3, -0.25) is 4.79 Å². The Morgan fingerprint density at radius 3 is 2.32 bits per heavy atom. The Bertz CT molecular complexity index is 1380. The number of nitrogens with one attached hydrogen (secondary N) is 1. The van der Waals surface area contributed by atoms with E-state index in [9.17, 15) is 19.8 Å². The maximum Gasteiger partial charge on any atom is 0.394 e. The molecule has 0 aliphatic carbocycles. The Balaban J connectivity index is 1.10. The number of aliphatic hydroxyl groups excluding tert-OH is 2. The number of nitrogens with zero attached hydrogens (tertiary/aromatic N) is 3. The topological polar surface area (TPSA) is 177 Å². The SMILES string of the molecule is CCC1C=CCCC2(CC3CCc4c(C(=O)OCCCCCCCCCCCCCCCC(=O)N(CCCN)CC(O)CCN)c(CCCC(C)O)nc([n+]43)N2)O1. The molecule has 0 aromatic carbocycles. The molecule has 7 N–H and O–H groups in total. The molecule has 324 valence electrons. The molecule has 3 aliphatic heterocycles. The third kappa shape index (κ3) is 15.5. The maximum absolute atomic E-state index is 13.7. The summed E-state index contributed by atoms with van der Waals surface area (Å²) in [7, 11) is 0. The molecule has 1 aromatic rings. The van der Waals surface area contributed by atoms with Crippen molar-refractivity contribution in [2.75, 3.05) is 38.1 Å². The van der Waals surface area contributed by atoms with Crippen molar-refractivity contribution in [1.29, 1.82) is 0 Å². The predicted molar refractivity (Wildman–Crippen MR) is 226 cm³/mol. The minimum Gasteiger partial charge on any atom is -0.462 e. The van der Waals surface area contributed by atoms with Gasteiger partial charge in [-0.15, -0.1) is 0 Å². The van der Waals surface area contributed by atoms with E-state index < -0.39 is 17.9 Å². The van der Waals surface area contributed by atoms with Crippen LogP contribution in [-0.4, -0.2) is 88.8 Å². The fraction of sp³-hybridized carbons (Fsp3) is 0.822. The number of aryl methyl sites for hydroxylation is 1. The van der Waals surface area contributed by atoms with Crippen LogP contribution >= 0.6 is 0 Å². The third-order valence-corrected chi connectivity index (χ3v) is 12.1. The first-order valence-corrected chi connectivity index (χ1v) is 23.0. The van der Waals surface area contributed by atoms with Crippen LogP contribution in [-0.2, 0) is 27.1 Å². The standard InChI is InChI=1S/C45H78N6O6/c1-3-38-22-16-17-28-45(57-38)33-36-25-26-40-42(39(23-19-21-35(2)52)48-44(49-45)51(36)40)43(55)56-32-18-14-12-10-8-6-4-5-7-9-11-13-15-24-41(54)50(31-20-29-46)34-37(53)27-30-47/h16,22,35-38,52-53H,3-15,17-21,23-34,46-47H2,1-2H3/p+1. The summed E-state index contributed by atoms with van der Waals surface area (Å²) in [5, 5.41) is 23.8. The fourth-order valence-electron chi connectivity index (χ4n) is 8.89. The molecular formula is C45H79N6O6+. The monoisotopic (exact) mass is 800 g/mol. The molecular weight excluding hydrogens is 721 g/mol. The molecule has 0 saturated heterocycles. The van der Waals surface area contributed by atoms with Crippen molar-refractivity contribution in [3.8, 4) is 0 Å². The van der Waals surface area contributed by atoms with Crippen molar-refractivity contribution in [3.63, 3.8) is 0 Å². The zero-order valence-electron chi connectivity index (χ0n) is 35.7. The van der Waals surface area contributed by atoms with Gasteiger partial charge in [0.05, 0.1) is 36.7 Å². The summed E-state index contributed by atoms with van der Waals surface area (Å²) in [5.41, 5.74) is 13.2. The average molecular weight is 800 g/mol. The zero-order valence-corrected chi connectivity index (χ0v) is 35.7. The van der Waals surface area contributed by atoms with Gasteiger partial charge in [-0.05, 0) is 77.8 Å². The number of aliphatic hydroxyl groups is 2. The number of esters is 1. The van der Waals surface area contributed by atoms with E-state index >= 15 is 0 Å². The Morgan fingerprint density at radius 2 is 1.67 bits per heavy atom. The first kappa shape index (κ1) is 47.0. The van der Waals surface area contributed by atoms with Crippen molar-refractivity contribution >= 4 is 17.8 Å². The number of carbonyl (C=O) groups excluding carboxylic acids is 2. The molecule has 5 atom stereocenters. The van der Waals surface area contributed by atoms with Crippen molar-refractivity contribution in [2.24, 2.45) is 11.5 Å². The minimum atomic E-state index is -0.568. The molecule has 0 radical (unpaired) electrons. The highest BCUT2D eigenvalue weighted by Gasteiger charge is 2.50. The normalized spacial score (nSPS) is 20.9. The van der Waals surface area contributed by atoms with Gasteiger partial charge in [0.25, 0.3) is 0 Å². The van der Waals surface area contributed by atoms with E-state index in [0.717, 1.165) is 107 Å². The van der Waals surface area contributed by atoms with E-state index in [1.165, 1.54) is 44.9 Å². The predicted octanol–water partition coefficient (Wildman–Crippen LogP) is 6.72. The lowest BCUT2D eigenvalue weighted by Crippen LogP contribution is -2.58. The van der Waals surface area contributed by atoms with Gasteiger partial charge in [0.1, 0.15) is 11.3 Å². The number of hydrogen-bond acceptors (Lipinski definition) is 10. The van der Waals surface area contributed by atoms with Crippen LogP contribution in [0.3, 0.4) is 0 Å². The van der Waals surface area contributed by atoms with Crippen molar-refractivity contribution in [3.05, 3.63) is 29.1 Å². The van der Waals surface area contributed by atoms with Gasteiger partial charge in [-0.2, -0.15) is 0 Å². The van der Waals surface area contributed by atoms with E-state index in [1.54, 1.807) is 4.90 Å². The van der Waals surface area contributed by atoms with Gasteiger partial charge in [0.2, 0.25) is 5.91 Å². The number of ether oxygens (including phenoxy) is 2. The summed E-state index contributed by atoms with van der Waals surface area (Å²) in [6.45, 7) is 6.30. The van der Waals surface area contributed by atoms with Crippen LogP contribution in [0.5, 0.6) is 0 Å². The van der Waals surface area contributed by atoms with Gasteiger partial charge >= 0.3 is 11.9 Å². The number of nitrogens with two attached hydrogens (primary N) is 2. The first-order chi connectivity index (χ1) is 27.7. The van der Waals surface area contributed by atoms with Gasteiger partial charge in [0, 0.05) is 45.2 Å². The molecule has 3 aliphatic rings. The second kappa shape index (κ2) is 25.8. The van der Waals surface area contributed by atoms with Crippen LogP contribution in [0.1, 0.15) is 189 Å². The summed E-state index contributed by atoms with van der Waals surface area (Å²) in [5.74, 6) is 0.665. The summed E-state index contributed by atoms with van der Waals surface area (Å²) < 4.78 is 14.9. The lowest BCUT2D eigenvalue weighted by Gasteiger charge is -2.38. The lowest BCUT2D eigenvalue weighted by atomic mass is 9.95. The summed E-state index contributed by atoms with van der Waals surface area (Å²) >= 11 is 0. The second-order valence-electron chi connectivity index (χ2n) is 17.1. The van der Waals surface area contributed by atoms with E-state index in [4.69, 9.17) is 25.9 Å². The summed E-state index contributed by atoms with van der Waals surface area (Å²) in [6.07, 6.45) is 27.7. The summed E-state index contributed by atoms with van der Waals surface area (Å²) in [6, 6.07) is 0.240. The molecule has 1 amide bonds. The highest BCUT2D eigenvalue weighted by atomic mass is 16.5. The van der Waals surface area contributed by atoms with Gasteiger partial charge in [0.15, 0.2) is 5.72 Å². The molecule has 1 aromatic heterocycles.